The molecule has 34 heavy (non-hydrogen) atoms. The van der Waals surface area contributed by atoms with Gasteiger partial charge in [0.25, 0.3) is 5.56 Å². The topological polar surface area (TPSA) is 114 Å². The fourth-order valence-corrected chi connectivity index (χ4v) is 5.01. The Morgan fingerprint density at radius 2 is 1.65 bits per heavy atom. The van der Waals surface area contributed by atoms with Crippen molar-refractivity contribution in [3.8, 4) is 0 Å². The number of aromatic amines is 1. The second kappa shape index (κ2) is 8.03. The molecule has 0 saturated carbocycles. The van der Waals surface area contributed by atoms with E-state index in [-0.39, 0.29) is 6.61 Å². The summed E-state index contributed by atoms with van der Waals surface area (Å²) in [7, 11) is 0. The van der Waals surface area contributed by atoms with Crippen molar-refractivity contribution in [1.82, 2.24) is 9.55 Å². The predicted molar refractivity (Wildman–Crippen MR) is 127 cm³/mol. The lowest BCUT2D eigenvalue weighted by Gasteiger charge is -2.23. The summed E-state index contributed by atoms with van der Waals surface area (Å²) in [5, 5.41) is 27.2. The highest BCUT2D eigenvalue weighted by atomic mass is 16.6. The number of benzene rings is 4. The van der Waals surface area contributed by atoms with Gasteiger partial charge in [0, 0.05) is 12.3 Å². The highest BCUT2D eigenvalue weighted by molar-refractivity contribution is 6.23. The summed E-state index contributed by atoms with van der Waals surface area (Å²) in [6.07, 6.45) is -2.72. The predicted octanol–water partition coefficient (Wildman–Crippen LogP) is 2.27. The van der Waals surface area contributed by atoms with Gasteiger partial charge in [-0.3, -0.25) is 14.3 Å². The van der Waals surface area contributed by atoms with Gasteiger partial charge in [-0.2, -0.15) is 0 Å². The number of nitrogens with one attached hydrogen (secondary N) is 1. The van der Waals surface area contributed by atoms with Gasteiger partial charge in [-0.1, -0.05) is 54.6 Å². The number of ether oxygens (including phenoxy) is 2. The molecular formula is C26H22N2O6. The van der Waals surface area contributed by atoms with Crippen LogP contribution in [0.2, 0.25) is 0 Å². The molecule has 1 aliphatic rings. The van der Waals surface area contributed by atoms with E-state index in [9.17, 15) is 19.8 Å². The van der Waals surface area contributed by atoms with Gasteiger partial charge in [0.1, 0.15) is 18.3 Å². The highest BCUT2D eigenvalue weighted by Crippen LogP contribution is 2.37. The normalized spacial score (nSPS) is 22.9. The molecule has 1 saturated heterocycles. The molecule has 4 atom stereocenters. The molecule has 1 aliphatic heterocycles. The van der Waals surface area contributed by atoms with Gasteiger partial charge in [-0.05, 0) is 37.9 Å². The first-order chi connectivity index (χ1) is 16.5. The molecule has 0 aliphatic carbocycles. The molecule has 8 nitrogen and oxygen atoms in total. The lowest BCUT2D eigenvalue weighted by atomic mass is 9.92. The summed E-state index contributed by atoms with van der Waals surface area (Å²) in [5.74, 6) is 0. The number of rotatable bonds is 5. The van der Waals surface area contributed by atoms with Crippen molar-refractivity contribution in [3.05, 3.63) is 93.3 Å². The number of H-pyrrole nitrogens is 1. The van der Waals surface area contributed by atoms with Crippen molar-refractivity contribution in [2.24, 2.45) is 0 Å². The lowest BCUT2D eigenvalue weighted by Crippen LogP contribution is -2.39. The maximum atomic E-state index is 12.3. The third-order valence-electron chi connectivity index (χ3n) is 6.67. The second-order valence-corrected chi connectivity index (χ2v) is 8.61. The molecule has 2 unspecified atom stereocenters. The standard InChI is InChI=1S/C26H22N2O6/c29-12-19-23(31)24(25(34-19)28-11-10-20(30)27-26(28)32)33-13-17-7-6-16-5-4-14-2-1-3-15-8-9-18(17)22(16)21(14)15/h1-11,19,23-25,29,31H,12-13H2,(H,27,30,32)/t19-,23?,24?,25-/m0/s1. The van der Waals surface area contributed by atoms with Crippen LogP contribution >= 0.6 is 0 Å². The minimum atomic E-state index is -1.16. The first-order valence-corrected chi connectivity index (χ1v) is 11.1. The van der Waals surface area contributed by atoms with Gasteiger partial charge in [-0.25, -0.2) is 4.79 Å². The molecule has 8 heteroatoms. The Bertz CT molecular complexity index is 1610. The number of hydrogen-bond acceptors (Lipinski definition) is 6. The van der Waals surface area contributed by atoms with Crippen LogP contribution in [0.4, 0.5) is 0 Å². The summed E-state index contributed by atoms with van der Waals surface area (Å²) in [6.45, 7) is -0.277. The van der Waals surface area contributed by atoms with E-state index in [1.54, 1.807) is 0 Å². The molecule has 1 aromatic heterocycles. The van der Waals surface area contributed by atoms with Crippen molar-refractivity contribution in [2.45, 2.75) is 31.1 Å². The van der Waals surface area contributed by atoms with Crippen molar-refractivity contribution in [3.63, 3.8) is 0 Å². The molecule has 0 bridgehead atoms. The Hall–Kier alpha value is -3.56. The highest BCUT2D eigenvalue weighted by Gasteiger charge is 2.45. The van der Waals surface area contributed by atoms with Crippen molar-refractivity contribution >= 4 is 32.3 Å². The average molecular weight is 458 g/mol. The first-order valence-electron chi connectivity index (χ1n) is 11.1. The van der Waals surface area contributed by atoms with Gasteiger partial charge >= 0.3 is 5.69 Å². The summed E-state index contributed by atoms with van der Waals surface area (Å²) >= 11 is 0. The Morgan fingerprint density at radius 1 is 0.941 bits per heavy atom. The van der Waals surface area contributed by atoms with Gasteiger partial charge < -0.3 is 19.7 Å². The summed E-state index contributed by atoms with van der Waals surface area (Å²) in [4.78, 5) is 26.0. The summed E-state index contributed by atoms with van der Waals surface area (Å²) in [6, 6.07) is 19.9. The van der Waals surface area contributed by atoms with Crippen LogP contribution in [0.15, 0.2) is 76.4 Å². The summed E-state index contributed by atoms with van der Waals surface area (Å²) < 4.78 is 13.0. The quantitative estimate of drug-likeness (QED) is 0.348. The Kier molecular flexibility index (Phi) is 4.96. The van der Waals surface area contributed by atoms with Crippen LogP contribution in [0, 0.1) is 0 Å². The van der Waals surface area contributed by atoms with E-state index >= 15 is 0 Å². The maximum absolute atomic E-state index is 12.3. The van der Waals surface area contributed by atoms with Crippen molar-refractivity contribution in [2.75, 3.05) is 6.61 Å². The SMILES string of the molecule is O=c1ccn([C@H]2O[C@@H](CO)C(O)C2OCc2ccc3ccc4cccc5ccc2c3c45)c(=O)[nH]1. The van der Waals surface area contributed by atoms with Crippen LogP contribution in [-0.4, -0.2) is 44.7 Å². The number of aliphatic hydroxyl groups is 2. The van der Waals surface area contributed by atoms with E-state index in [0.29, 0.717) is 0 Å². The Morgan fingerprint density at radius 3 is 2.38 bits per heavy atom. The third kappa shape index (κ3) is 3.23. The van der Waals surface area contributed by atoms with E-state index in [1.807, 2.05) is 12.1 Å². The smallest absolute Gasteiger partial charge is 0.330 e. The minimum Gasteiger partial charge on any atom is -0.394 e. The van der Waals surface area contributed by atoms with Crippen LogP contribution in [0.1, 0.15) is 11.8 Å². The first kappa shape index (κ1) is 21.0. The summed E-state index contributed by atoms with van der Waals surface area (Å²) in [5.41, 5.74) is -0.290. The zero-order valence-corrected chi connectivity index (χ0v) is 18.0. The third-order valence-corrected chi connectivity index (χ3v) is 6.67. The van der Waals surface area contributed by atoms with E-state index in [1.165, 1.54) is 17.6 Å². The zero-order chi connectivity index (χ0) is 23.4. The number of aromatic nitrogens is 2. The van der Waals surface area contributed by atoms with Crippen LogP contribution in [0.3, 0.4) is 0 Å². The second-order valence-electron chi connectivity index (χ2n) is 8.61. The lowest BCUT2D eigenvalue weighted by molar-refractivity contribution is -0.0795. The van der Waals surface area contributed by atoms with Crippen LogP contribution in [-0.2, 0) is 16.1 Å². The van der Waals surface area contributed by atoms with Gasteiger partial charge in [0.05, 0.1) is 13.2 Å². The average Bonchev–Trinajstić information content (AvgIpc) is 3.16. The monoisotopic (exact) mass is 458 g/mol. The van der Waals surface area contributed by atoms with Gasteiger partial charge in [0.2, 0.25) is 0 Å². The van der Waals surface area contributed by atoms with Gasteiger partial charge in [0.15, 0.2) is 6.23 Å². The van der Waals surface area contributed by atoms with E-state index < -0.39 is 42.4 Å². The molecule has 172 valence electrons. The number of nitrogens with zero attached hydrogens (tertiary/aromatic N) is 1. The van der Waals surface area contributed by atoms with E-state index in [4.69, 9.17) is 9.47 Å². The molecular weight excluding hydrogens is 436 g/mol. The molecule has 6 rings (SSSR count). The zero-order valence-electron chi connectivity index (χ0n) is 18.0. The Labute approximate surface area is 192 Å². The molecule has 2 heterocycles. The van der Waals surface area contributed by atoms with Crippen LogP contribution < -0.4 is 11.2 Å². The fourth-order valence-electron chi connectivity index (χ4n) is 5.01. The van der Waals surface area contributed by atoms with E-state index in [2.05, 4.69) is 47.4 Å². The van der Waals surface area contributed by atoms with Crippen molar-refractivity contribution in [1.29, 1.82) is 0 Å². The Balaban J connectivity index is 1.38. The number of hydrogen-bond donors (Lipinski definition) is 3. The van der Waals surface area contributed by atoms with Crippen LogP contribution in [0.5, 0.6) is 0 Å². The maximum Gasteiger partial charge on any atom is 0.330 e. The van der Waals surface area contributed by atoms with Crippen molar-refractivity contribution < 1.29 is 19.7 Å². The molecule has 0 radical (unpaired) electrons. The molecule has 4 aromatic carbocycles. The largest absolute Gasteiger partial charge is 0.394 e. The molecule has 5 aromatic rings. The molecule has 3 N–H and O–H groups in total. The fraction of sp³-hybridized carbons (Fsp3) is 0.231. The molecule has 0 spiro atoms. The molecule has 1 fully saturated rings. The van der Waals surface area contributed by atoms with Gasteiger partial charge in [-0.15, -0.1) is 0 Å². The van der Waals surface area contributed by atoms with E-state index in [0.717, 1.165) is 37.1 Å². The minimum absolute atomic E-state index is 0.159. The van der Waals surface area contributed by atoms with Crippen LogP contribution in [0.25, 0.3) is 32.3 Å². The number of aliphatic hydroxyl groups excluding tert-OH is 2. The molecule has 0 amide bonds.